The molecule has 176 valence electrons. The van der Waals surface area contributed by atoms with Crippen LogP contribution in [-0.4, -0.2) is 29.8 Å². The Morgan fingerprint density at radius 3 is 2.59 bits per heavy atom. The van der Waals surface area contributed by atoms with Crippen molar-refractivity contribution in [3.63, 3.8) is 0 Å². The van der Waals surface area contributed by atoms with Gasteiger partial charge in [-0.3, -0.25) is 9.36 Å². The molecule has 2 heterocycles. The smallest absolute Gasteiger partial charge is 0.261 e. The fraction of sp³-hybridized carbons (Fsp3) is 0.259. The molecule has 3 aromatic carbocycles. The van der Waals surface area contributed by atoms with E-state index in [1.54, 1.807) is 7.11 Å². The van der Waals surface area contributed by atoms with E-state index < -0.39 is 0 Å². The Bertz CT molecular complexity index is 1350. The lowest BCUT2D eigenvalue weighted by Gasteiger charge is -2.25. The molecule has 0 spiro atoms. The molecule has 0 radical (unpaired) electrons. The number of hydrogen-bond donors (Lipinski definition) is 1. The van der Waals surface area contributed by atoms with E-state index in [-0.39, 0.29) is 18.0 Å². The average molecular weight is 496 g/mol. The molecule has 34 heavy (non-hydrogen) atoms. The number of methoxy groups -OCH3 is 1. The summed E-state index contributed by atoms with van der Waals surface area (Å²) in [5.74, 6) is 1.73. The molecule has 7 heteroatoms. The van der Waals surface area contributed by atoms with Crippen molar-refractivity contribution >= 4 is 34.9 Å². The number of piperidine rings is 1. The van der Waals surface area contributed by atoms with Crippen LogP contribution in [0.1, 0.15) is 12.8 Å². The van der Waals surface area contributed by atoms with Crippen LogP contribution in [0.4, 0.5) is 0 Å². The quantitative estimate of drug-likeness (QED) is 0.379. The summed E-state index contributed by atoms with van der Waals surface area (Å²) < 4.78 is 7.44. The first-order valence-corrected chi connectivity index (χ1v) is 11.7. The van der Waals surface area contributed by atoms with E-state index in [0.717, 1.165) is 42.6 Å². The molecule has 0 saturated carbocycles. The predicted molar refractivity (Wildman–Crippen MR) is 141 cm³/mol. The van der Waals surface area contributed by atoms with Gasteiger partial charge in [-0.1, -0.05) is 41.9 Å². The van der Waals surface area contributed by atoms with E-state index in [9.17, 15) is 4.79 Å². The molecule has 5 nitrogen and oxygen atoms in total. The highest BCUT2D eigenvalue weighted by Gasteiger charge is 2.21. The number of benzene rings is 3. The van der Waals surface area contributed by atoms with E-state index in [4.69, 9.17) is 21.3 Å². The lowest BCUT2D eigenvalue weighted by molar-refractivity contribution is 0.334. The van der Waals surface area contributed by atoms with Crippen molar-refractivity contribution in [3.05, 3.63) is 82.1 Å². The SMILES string of the molecule is COc1ccccc1-c1nc2ccc(-c3ccc(Cl)cc3)cc2c(=O)n1CC1CCCNC1.Cl. The minimum atomic E-state index is -0.0257. The van der Waals surface area contributed by atoms with Crippen molar-refractivity contribution in [1.29, 1.82) is 0 Å². The summed E-state index contributed by atoms with van der Waals surface area (Å²) in [6.07, 6.45) is 2.21. The average Bonchev–Trinajstić information content (AvgIpc) is 2.86. The van der Waals surface area contributed by atoms with E-state index >= 15 is 0 Å². The maximum Gasteiger partial charge on any atom is 0.261 e. The number of aromatic nitrogens is 2. The predicted octanol–water partition coefficient (Wildman–Crippen LogP) is 5.81. The number of fused-ring (bicyclic) bond motifs is 1. The van der Waals surface area contributed by atoms with Crippen LogP contribution < -0.4 is 15.6 Å². The highest BCUT2D eigenvalue weighted by Crippen LogP contribution is 2.31. The molecular formula is C27H27Cl2N3O2. The fourth-order valence-corrected chi connectivity index (χ4v) is 4.71. The summed E-state index contributed by atoms with van der Waals surface area (Å²) in [5, 5.41) is 4.76. The number of ether oxygens (including phenoxy) is 1. The Hall–Kier alpha value is -2.86. The number of nitrogens with zero attached hydrogens (tertiary/aromatic N) is 2. The summed E-state index contributed by atoms with van der Waals surface area (Å²) in [6.45, 7) is 2.55. The van der Waals surface area contributed by atoms with Gasteiger partial charge in [-0.2, -0.15) is 0 Å². The van der Waals surface area contributed by atoms with Gasteiger partial charge in [0.1, 0.15) is 11.6 Å². The van der Waals surface area contributed by atoms with Crippen LogP contribution in [0, 0.1) is 5.92 Å². The highest BCUT2D eigenvalue weighted by atomic mass is 35.5. The van der Waals surface area contributed by atoms with E-state index in [0.29, 0.717) is 40.0 Å². The van der Waals surface area contributed by atoms with Crippen molar-refractivity contribution in [2.24, 2.45) is 5.92 Å². The van der Waals surface area contributed by atoms with Crippen molar-refractivity contribution in [3.8, 4) is 28.3 Å². The molecule has 1 aliphatic heterocycles. The number of hydrogen-bond acceptors (Lipinski definition) is 4. The van der Waals surface area contributed by atoms with Gasteiger partial charge in [-0.25, -0.2) is 4.98 Å². The second-order valence-corrected chi connectivity index (χ2v) is 8.94. The molecule has 1 fully saturated rings. The first kappa shape index (κ1) is 24.3. The summed E-state index contributed by atoms with van der Waals surface area (Å²) in [7, 11) is 1.64. The van der Waals surface area contributed by atoms with Gasteiger partial charge < -0.3 is 10.1 Å². The standard InChI is InChI=1S/C27H26ClN3O2.ClH/c1-33-25-7-3-2-6-22(25)26-30-24-13-10-20(19-8-11-21(28)12-9-19)15-23(24)27(32)31(26)17-18-5-4-14-29-16-18;/h2-3,6-13,15,18,29H,4-5,14,16-17H2,1H3;1H. The molecule has 0 bridgehead atoms. The van der Waals surface area contributed by atoms with Crippen LogP contribution in [0.3, 0.4) is 0 Å². The van der Waals surface area contributed by atoms with Crippen LogP contribution in [0.25, 0.3) is 33.4 Å². The molecule has 1 saturated heterocycles. The normalized spacial score (nSPS) is 15.6. The molecule has 5 rings (SSSR count). The van der Waals surface area contributed by atoms with Crippen molar-refractivity contribution < 1.29 is 4.74 Å². The zero-order valence-electron chi connectivity index (χ0n) is 19.0. The molecule has 1 aliphatic rings. The largest absolute Gasteiger partial charge is 0.496 e. The molecule has 0 amide bonds. The Kier molecular flexibility index (Phi) is 7.57. The zero-order chi connectivity index (χ0) is 22.8. The first-order chi connectivity index (χ1) is 16.1. The molecule has 0 aliphatic carbocycles. The van der Waals surface area contributed by atoms with Gasteiger partial charge in [0.05, 0.1) is 23.6 Å². The van der Waals surface area contributed by atoms with Gasteiger partial charge in [0.25, 0.3) is 5.56 Å². The monoisotopic (exact) mass is 495 g/mol. The first-order valence-electron chi connectivity index (χ1n) is 11.3. The molecule has 1 unspecified atom stereocenters. The Morgan fingerprint density at radius 2 is 1.85 bits per heavy atom. The lowest BCUT2D eigenvalue weighted by Crippen LogP contribution is -2.35. The number of para-hydroxylation sites is 1. The molecule has 1 N–H and O–H groups in total. The van der Waals surface area contributed by atoms with E-state index in [1.165, 1.54) is 0 Å². The fourth-order valence-electron chi connectivity index (χ4n) is 4.59. The van der Waals surface area contributed by atoms with Crippen molar-refractivity contribution in [1.82, 2.24) is 14.9 Å². The molecule has 1 atom stereocenters. The summed E-state index contributed by atoms with van der Waals surface area (Å²) >= 11 is 6.05. The summed E-state index contributed by atoms with van der Waals surface area (Å²) in [5.41, 5.74) is 3.45. The molecule has 1 aromatic heterocycles. The molecule has 4 aromatic rings. The Labute approximate surface area is 210 Å². The number of halogens is 2. The van der Waals surface area contributed by atoms with Gasteiger partial charge >= 0.3 is 0 Å². The van der Waals surface area contributed by atoms with Gasteiger partial charge in [0.2, 0.25) is 0 Å². The van der Waals surface area contributed by atoms with Crippen molar-refractivity contribution in [2.75, 3.05) is 20.2 Å². The third kappa shape index (κ3) is 4.83. The highest BCUT2D eigenvalue weighted by molar-refractivity contribution is 6.30. The third-order valence-corrected chi connectivity index (χ3v) is 6.57. The summed E-state index contributed by atoms with van der Waals surface area (Å²) in [6, 6.07) is 21.3. The maximum atomic E-state index is 13.9. The van der Waals surface area contributed by atoms with Crippen LogP contribution in [0.5, 0.6) is 5.75 Å². The third-order valence-electron chi connectivity index (χ3n) is 6.32. The van der Waals surface area contributed by atoms with Gasteiger partial charge in [-0.15, -0.1) is 12.4 Å². The number of rotatable bonds is 5. The Balaban J connectivity index is 0.00000274. The maximum absolute atomic E-state index is 13.9. The topological polar surface area (TPSA) is 56.1 Å². The second-order valence-electron chi connectivity index (χ2n) is 8.50. The van der Waals surface area contributed by atoms with Gasteiger partial charge in [0.15, 0.2) is 0 Å². The van der Waals surface area contributed by atoms with Gasteiger partial charge in [-0.05, 0) is 79.4 Å². The molecular weight excluding hydrogens is 469 g/mol. The van der Waals surface area contributed by atoms with Crippen LogP contribution in [-0.2, 0) is 6.54 Å². The van der Waals surface area contributed by atoms with Crippen LogP contribution in [0.2, 0.25) is 5.02 Å². The minimum Gasteiger partial charge on any atom is -0.496 e. The van der Waals surface area contributed by atoms with E-state index in [1.807, 2.05) is 71.3 Å². The van der Waals surface area contributed by atoms with E-state index in [2.05, 4.69) is 5.32 Å². The summed E-state index contributed by atoms with van der Waals surface area (Å²) in [4.78, 5) is 18.8. The van der Waals surface area contributed by atoms with Crippen LogP contribution >= 0.6 is 24.0 Å². The Morgan fingerprint density at radius 1 is 1.09 bits per heavy atom. The van der Waals surface area contributed by atoms with Crippen LogP contribution in [0.15, 0.2) is 71.5 Å². The second kappa shape index (κ2) is 10.6. The minimum absolute atomic E-state index is 0. The zero-order valence-corrected chi connectivity index (χ0v) is 20.5. The number of nitrogens with one attached hydrogen (secondary N) is 1. The lowest BCUT2D eigenvalue weighted by atomic mass is 9.99. The van der Waals surface area contributed by atoms with Gasteiger partial charge in [0, 0.05) is 11.6 Å². The van der Waals surface area contributed by atoms with Crippen molar-refractivity contribution in [2.45, 2.75) is 19.4 Å².